The molecule has 0 radical (unpaired) electrons. The lowest BCUT2D eigenvalue weighted by molar-refractivity contribution is 0.564. The molecule has 3 aromatic carbocycles. The monoisotopic (exact) mass is 378 g/mol. The fourth-order valence-electron chi connectivity index (χ4n) is 2.80. The van der Waals surface area contributed by atoms with Crippen molar-refractivity contribution in [3.05, 3.63) is 73.1 Å². The van der Waals surface area contributed by atoms with Gasteiger partial charge in [-0.05, 0) is 72.7 Å². The molecule has 0 heterocycles. The van der Waals surface area contributed by atoms with Crippen LogP contribution in [-0.2, 0) is 0 Å². The van der Waals surface area contributed by atoms with Crippen LogP contribution in [0.25, 0.3) is 21.5 Å². The van der Waals surface area contributed by atoms with Gasteiger partial charge >= 0.3 is 0 Å². The summed E-state index contributed by atoms with van der Waals surface area (Å²) in [5.41, 5.74) is 3.91. The highest BCUT2D eigenvalue weighted by Crippen LogP contribution is 2.33. The molecule has 0 aliphatic rings. The normalized spacial score (nSPS) is 12.2. The van der Waals surface area contributed by atoms with Gasteiger partial charge in [-0.25, -0.2) is 0 Å². The van der Waals surface area contributed by atoms with E-state index in [9.17, 15) is 0 Å². The summed E-state index contributed by atoms with van der Waals surface area (Å²) < 4.78 is 12.5. The third-order valence-corrected chi connectivity index (χ3v) is 7.98. The highest BCUT2D eigenvalue weighted by atomic mass is 28.4. The van der Waals surface area contributed by atoms with E-state index >= 15 is 0 Å². The van der Waals surface area contributed by atoms with Crippen molar-refractivity contribution in [1.82, 2.24) is 0 Å². The molecule has 0 aliphatic heterocycles. The largest absolute Gasteiger partial charge is 0.540 e. The smallest absolute Gasteiger partial charge is 0.269 e. The molecule has 0 unspecified atom stereocenters. The maximum Gasteiger partial charge on any atom is 0.269 e. The maximum atomic E-state index is 6.32. The number of hydrogen-bond acceptors (Lipinski definition) is 2. The quantitative estimate of drug-likeness (QED) is 0.355. The van der Waals surface area contributed by atoms with Crippen molar-refractivity contribution in [2.75, 3.05) is 0 Å². The van der Waals surface area contributed by atoms with Crippen LogP contribution in [0, 0.1) is 0 Å². The van der Waals surface area contributed by atoms with E-state index in [0.29, 0.717) is 0 Å². The van der Waals surface area contributed by atoms with Crippen LogP contribution in [0.2, 0.25) is 26.2 Å². The second kappa shape index (κ2) is 6.78. The van der Waals surface area contributed by atoms with Gasteiger partial charge in [0.2, 0.25) is 0 Å². The minimum absolute atomic E-state index is 0.896. The van der Waals surface area contributed by atoms with Crippen molar-refractivity contribution in [2.45, 2.75) is 26.2 Å². The standard InChI is InChI=1S/C22H26O2Si2/c1-7-25(3,4)23-20-13-12-17-14-18-10-9-11-22(24-26(5,6)8-2)21(18)16-19(17)15-20/h7-16H,1-2H2,3-6H3. The first-order valence-corrected chi connectivity index (χ1v) is 14.8. The predicted molar refractivity (Wildman–Crippen MR) is 118 cm³/mol. The zero-order valence-corrected chi connectivity index (χ0v) is 18.0. The maximum absolute atomic E-state index is 6.32. The molecule has 26 heavy (non-hydrogen) atoms. The van der Waals surface area contributed by atoms with E-state index < -0.39 is 16.6 Å². The van der Waals surface area contributed by atoms with Gasteiger partial charge < -0.3 is 8.85 Å². The summed E-state index contributed by atoms with van der Waals surface area (Å²) in [6.07, 6.45) is 0. The number of benzene rings is 3. The van der Waals surface area contributed by atoms with Gasteiger partial charge in [-0.3, -0.25) is 0 Å². The molecule has 0 bridgehead atoms. The van der Waals surface area contributed by atoms with Crippen LogP contribution in [0.15, 0.2) is 73.1 Å². The van der Waals surface area contributed by atoms with Gasteiger partial charge in [-0.2, -0.15) is 0 Å². The first kappa shape index (κ1) is 18.5. The molecule has 134 valence electrons. The summed E-state index contributed by atoms with van der Waals surface area (Å²) in [5, 5.41) is 4.65. The fourth-order valence-corrected chi connectivity index (χ4v) is 4.44. The van der Waals surface area contributed by atoms with Crippen molar-refractivity contribution >= 4 is 38.2 Å². The average Bonchev–Trinajstić information content (AvgIpc) is 2.60. The molecule has 0 saturated heterocycles. The number of hydrogen-bond donors (Lipinski definition) is 0. The SMILES string of the molecule is C=C[Si](C)(C)Oc1ccc2cc3cccc(O[Si](C)(C)C=C)c3cc2c1. The molecule has 0 N–H and O–H groups in total. The molecule has 0 fully saturated rings. The Balaban J connectivity index is 2.11. The molecule has 0 spiro atoms. The summed E-state index contributed by atoms with van der Waals surface area (Å²) in [7, 11) is -3.79. The second-order valence-corrected chi connectivity index (χ2v) is 15.3. The van der Waals surface area contributed by atoms with Gasteiger partial charge in [0.05, 0.1) is 0 Å². The molecule has 3 aromatic rings. The van der Waals surface area contributed by atoms with Crippen LogP contribution in [0.3, 0.4) is 0 Å². The molecule has 0 saturated carbocycles. The van der Waals surface area contributed by atoms with Gasteiger partial charge in [0.25, 0.3) is 16.6 Å². The van der Waals surface area contributed by atoms with Gasteiger partial charge in [0, 0.05) is 5.39 Å². The second-order valence-electron chi connectivity index (χ2n) is 7.66. The third kappa shape index (κ3) is 3.92. The highest BCUT2D eigenvalue weighted by molar-refractivity contribution is 6.77. The van der Waals surface area contributed by atoms with E-state index in [-0.39, 0.29) is 0 Å². The molecular formula is C22H26O2Si2. The summed E-state index contributed by atoms with van der Waals surface area (Å²) >= 11 is 0. The minimum atomic E-state index is -1.92. The topological polar surface area (TPSA) is 18.5 Å². The van der Waals surface area contributed by atoms with Crippen molar-refractivity contribution in [3.8, 4) is 11.5 Å². The zero-order valence-electron chi connectivity index (χ0n) is 16.0. The van der Waals surface area contributed by atoms with Gasteiger partial charge in [0.15, 0.2) is 0 Å². The van der Waals surface area contributed by atoms with Crippen LogP contribution in [0.4, 0.5) is 0 Å². The van der Waals surface area contributed by atoms with E-state index in [4.69, 9.17) is 8.85 Å². The van der Waals surface area contributed by atoms with Gasteiger partial charge in [-0.15, -0.1) is 13.2 Å². The molecule has 2 nitrogen and oxygen atoms in total. The van der Waals surface area contributed by atoms with E-state index in [2.05, 4.69) is 69.7 Å². The molecule has 0 amide bonds. The van der Waals surface area contributed by atoms with Crippen molar-refractivity contribution in [1.29, 1.82) is 0 Å². The van der Waals surface area contributed by atoms with Crippen LogP contribution in [0.1, 0.15) is 0 Å². The Morgan fingerprint density at radius 2 is 1.42 bits per heavy atom. The third-order valence-electron chi connectivity index (χ3n) is 4.51. The fraction of sp³-hybridized carbons (Fsp3) is 0.182. The number of fused-ring (bicyclic) bond motifs is 2. The summed E-state index contributed by atoms with van der Waals surface area (Å²) in [4.78, 5) is 0. The van der Waals surface area contributed by atoms with E-state index in [1.54, 1.807) is 0 Å². The van der Waals surface area contributed by atoms with E-state index in [1.165, 1.54) is 10.8 Å². The van der Waals surface area contributed by atoms with Crippen molar-refractivity contribution in [3.63, 3.8) is 0 Å². The molecule has 0 atom stereocenters. The summed E-state index contributed by atoms with van der Waals surface area (Å²) in [5.74, 6) is 1.82. The lowest BCUT2D eigenvalue weighted by Gasteiger charge is -2.22. The Bertz CT molecular complexity index is 990. The van der Waals surface area contributed by atoms with Gasteiger partial charge in [-0.1, -0.05) is 29.6 Å². The molecule has 0 aliphatic carbocycles. The summed E-state index contributed by atoms with van der Waals surface area (Å²) in [6, 6.07) is 16.9. The van der Waals surface area contributed by atoms with Gasteiger partial charge in [0.1, 0.15) is 11.5 Å². The predicted octanol–water partition coefficient (Wildman–Crippen LogP) is 6.61. The highest BCUT2D eigenvalue weighted by Gasteiger charge is 2.21. The lowest BCUT2D eigenvalue weighted by Crippen LogP contribution is -2.31. The molecule has 3 rings (SSSR count). The minimum Gasteiger partial charge on any atom is -0.540 e. The molecular weight excluding hydrogens is 352 g/mol. The summed E-state index contributed by atoms with van der Waals surface area (Å²) in [6.45, 7) is 16.4. The average molecular weight is 379 g/mol. The molecule has 0 aromatic heterocycles. The Labute approximate surface area is 158 Å². The first-order valence-electron chi connectivity index (χ1n) is 8.85. The van der Waals surface area contributed by atoms with Crippen molar-refractivity contribution < 1.29 is 8.85 Å². The lowest BCUT2D eigenvalue weighted by atomic mass is 10.0. The van der Waals surface area contributed by atoms with Crippen LogP contribution >= 0.6 is 0 Å². The Kier molecular flexibility index (Phi) is 4.82. The Morgan fingerprint density at radius 3 is 2.12 bits per heavy atom. The van der Waals surface area contributed by atoms with E-state index in [0.717, 1.165) is 22.3 Å². The zero-order chi connectivity index (χ0) is 18.9. The van der Waals surface area contributed by atoms with Crippen LogP contribution in [-0.4, -0.2) is 16.6 Å². The number of rotatable bonds is 6. The first-order chi connectivity index (χ1) is 12.2. The van der Waals surface area contributed by atoms with Crippen LogP contribution < -0.4 is 8.85 Å². The van der Waals surface area contributed by atoms with Crippen LogP contribution in [0.5, 0.6) is 11.5 Å². The Morgan fingerprint density at radius 1 is 0.731 bits per heavy atom. The Hall–Kier alpha value is -2.31. The van der Waals surface area contributed by atoms with Crippen molar-refractivity contribution in [2.24, 2.45) is 0 Å². The molecule has 4 heteroatoms. The van der Waals surface area contributed by atoms with E-state index in [1.807, 2.05) is 29.6 Å².